The van der Waals surface area contributed by atoms with Crippen molar-refractivity contribution in [1.82, 2.24) is 0 Å². The first-order valence-corrected chi connectivity index (χ1v) is 5.94. The van der Waals surface area contributed by atoms with Gasteiger partial charge in [-0.3, -0.25) is 0 Å². The average Bonchev–Trinajstić information content (AvgIpc) is 2.83. The molecule has 82 valence electrons. The van der Waals surface area contributed by atoms with Crippen molar-refractivity contribution in [3.63, 3.8) is 0 Å². The van der Waals surface area contributed by atoms with Crippen molar-refractivity contribution in [3.05, 3.63) is 34.1 Å². The van der Waals surface area contributed by atoms with Crippen LogP contribution in [0.2, 0.25) is 0 Å². The van der Waals surface area contributed by atoms with Gasteiger partial charge in [0.1, 0.15) is 5.82 Å². The van der Waals surface area contributed by atoms with Crippen molar-refractivity contribution < 1.29 is 9.50 Å². The summed E-state index contributed by atoms with van der Waals surface area (Å²) in [6.45, 7) is 1.82. The maximum Gasteiger partial charge on any atom is 0.124 e. The zero-order chi connectivity index (χ0) is 11.1. The Labute approximate surface area is 97.4 Å². The Morgan fingerprint density at radius 1 is 1.47 bits per heavy atom. The summed E-state index contributed by atoms with van der Waals surface area (Å²) in [5.74, 6) is -0.222. The third-order valence-corrected chi connectivity index (χ3v) is 3.71. The molecule has 0 aromatic heterocycles. The van der Waals surface area contributed by atoms with Crippen molar-refractivity contribution in [2.24, 2.45) is 5.41 Å². The van der Waals surface area contributed by atoms with Crippen LogP contribution < -0.4 is 0 Å². The topological polar surface area (TPSA) is 20.2 Å². The molecule has 1 aliphatic rings. The van der Waals surface area contributed by atoms with Gasteiger partial charge in [-0.25, -0.2) is 4.39 Å². The summed E-state index contributed by atoms with van der Waals surface area (Å²) >= 11 is 3.28. The van der Waals surface area contributed by atoms with Crippen molar-refractivity contribution in [2.45, 2.75) is 32.3 Å². The number of aliphatic hydroxyl groups excluding tert-OH is 1. The highest BCUT2D eigenvalue weighted by Gasteiger charge is 2.46. The first kappa shape index (κ1) is 11.1. The first-order valence-electron chi connectivity index (χ1n) is 5.15. The normalized spacial score (nSPS) is 20.0. The van der Waals surface area contributed by atoms with Crippen LogP contribution in [0.4, 0.5) is 4.39 Å². The summed E-state index contributed by atoms with van der Waals surface area (Å²) in [5.41, 5.74) is 0.966. The molecule has 1 aromatic carbocycles. The Morgan fingerprint density at radius 2 is 2.13 bits per heavy atom. The van der Waals surface area contributed by atoms with Gasteiger partial charge in [0.05, 0.1) is 6.10 Å². The van der Waals surface area contributed by atoms with Crippen molar-refractivity contribution in [2.75, 3.05) is 0 Å². The van der Waals surface area contributed by atoms with Crippen LogP contribution in [0.15, 0.2) is 22.7 Å². The molecule has 0 spiro atoms. The Hall–Kier alpha value is -0.410. The summed E-state index contributed by atoms with van der Waals surface area (Å²) in [4.78, 5) is 0. The summed E-state index contributed by atoms with van der Waals surface area (Å²) in [5, 5.41) is 9.64. The molecule has 0 saturated heterocycles. The molecule has 1 unspecified atom stereocenters. The van der Waals surface area contributed by atoms with Crippen LogP contribution in [-0.4, -0.2) is 11.2 Å². The Morgan fingerprint density at radius 3 is 2.60 bits per heavy atom. The standard InChI is InChI=1S/C12H14BrFO/c1-8(15)12(2-3-12)7-9-4-10(13)6-11(14)5-9/h4-6,8,15H,2-3,7H2,1H3. The van der Waals surface area contributed by atoms with E-state index in [4.69, 9.17) is 0 Å². The van der Waals surface area contributed by atoms with Crippen molar-refractivity contribution in [3.8, 4) is 0 Å². The highest BCUT2D eigenvalue weighted by molar-refractivity contribution is 9.10. The molecular formula is C12H14BrFO. The highest BCUT2D eigenvalue weighted by Crippen LogP contribution is 2.51. The fourth-order valence-corrected chi connectivity index (χ4v) is 2.54. The minimum absolute atomic E-state index is 0.00718. The van der Waals surface area contributed by atoms with E-state index in [-0.39, 0.29) is 17.3 Å². The van der Waals surface area contributed by atoms with Crippen molar-refractivity contribution >= 4 is 15.9 Å². The number of hydrogen-bond acceptors (Lipinski definition) is 1. The molecule has 0 aliphatic heterocycles. The van der Waals surface area contributed by atoms with Gasteiger partial charge in [0.2, 0.25) is 0 Å². The van der Waals surface area contributed by atoms with E-state index in [2.05, 4.69) is 15.9 Å². The van der Waals surface area contributed by atoms with Gasteiger partial charge in [-0.1, -0.05) is 15.9 Å². The number of halogens is 2. The van der Waals surface area contributed by atoms with Crippen LogP contribution in [0, 0.1) is 11.2 Å². The fourth-order valence-electron chi connectivity index (χ4n) is 2.02. The molecule has 1 saturated carbocycles. The third-order valence-electron chi connectivity index (χ3n) is 3.26. The lowest BCUT2D eigenvalue weighted by Crippen LogP contribution is -2.20. The van der Waals surface area contributed by atoms with Crippen molar-refractivity contribution in [1.29, 1.82) is 0 Å². The molecule has 1 atom stereocenters. The zero-order valence-electron chi connectivity index (χ0n) is 8.63. The molecule has 1 N–H and O–H groups in total. The predicted octanol–water partition coefficient (Wildman–Crippen LogP) is 3.29. The maximum atomic E-state index is 13.1. The second-order valence-corrected chi connectivity index (χ2v) is 5.41. The molecule has 1 nitrogen and oxygen atoms in total. The quantitative estimate of drug-likeness (QED) is 0.896. The van der Waals surface area contributed by atoms with Crippen LogP contribution in [-0.2, 0) is 6.42 Å². The van der Waals surface area contributed by atoms with Crippen LogP contribution in [0.1, 0.15) is 25.3 Å². The summed E-state index contributed by atoms with van der Waals surface area (Å²) in [6.07, 6.45) is 2.54. The predicted molar refractivity (Wildman–Crippen MR) is 61.2 cm³/mol. The maximum absolute atomic E-state index is 13.1. The van der Waals surface area contributed by atoms with E-state index >= 15 is 0 Å². The van der Waals surface area contributed by atoms with E-state index < -0.39 is 0 Å². The summed E-state index contributed by atoms with van der Waals surface area (Å²) < 4.78 is 13.9. The molecular weight excluding hydrogens is 259 g/mol. The molecule has 0 heterocycles. The highest BCUT2D eigenvalue weighted by atomic mass is 79.9. The molecule has 15 heavy (non-hydrogen) atoms. The van der Waals surface area contributed by atoms with Gasteiger partial charge in [-0.05, 0) is 49.9 Å². The molecule has 0 radical (unpaired) electrons. The van der Waals surface area contributed by atoms with E-state index in [0.717, 1.165) is 29.3 Å². The number of aliphatic hydroxyl groups is 1. The van der Waals surface area contributed by atoms with Crippen LogP contribution >= 0.6 is 15.9 Å². The molecule has 3 heteroatoms. The monoisotopic (exact) mass is 272 g/mol. The molecule has 0 amide bonds. The minimum atomic E-state index is -0.306. The Balaban J connectivity index is 2.17. The smallest absolute Gasteiger partial charge is 0.124 e. The lowest BCUT2D eigenvalue weighted by atomic mass is 9.92. The molecule has 1 fully saturated rings. The number of rotatable bonds is 3. The van der Waals surface area contributed by atoms with E-state index in [1.165, 1.54) is 6.07 Å². The third kappa shape index (κ3) is 2.40. The molecule has 1 aliphatic carbocycles. The second kappa shape index (κ2) is 3.87. The van der Waals surface area contributed by atoms with Crippen LogP contribution in [0.25, 0.3) is 0 Å². The first-order chi connectivity index (χ1) is 7.02. The van der Waals surface area contributed by atoms with Gasteiger partial charge in [0, 0.05) is 9.89 Å². The molecule has 1 aromatic rings. The molecule has 2 rings (SSSR count). The van der Waals surface area contributed by atoms with Gasteiger partial charge >= 0.3 is 0 Å². The van der Waals surface area contributed by atoms with E-state index in [9.17, 15) is 9.50 Å². The zero-order valence-corrected chi connectivity index (χ0v) is 10.2. The average molecular weight is 273 g/mol. The largest absolute Gasteiger partial charge is 0.393 e. The van der Waals surface area contributed by atoms with E-state index in [1.54, 1.807) is 6.07 Å². The Kier molecular flexibility index (Phi) is 2.86. The number of benzene rings is 1. The van der Waals surface area contributed by atoms with Gasteiger partial charge in [-0.15, -0.1) is 0 Å². The van der Waals surface area contributed by atoms with Gasteiger partial charge < -0.3 is 5.11 Å². The lowest BCUT2D eigenvalue weighted by molar-refractivity contribution is 0.110. The van der Waals surface area contributed by atoms with Gasteiger partial charge in [0.25, 0.3) is 0 Å². The lowest BCUT2D eigenvalue weighted by Gasteiger charge is -2.18. The van der Waals surface area contributed by atoms with Crippen LogP contribution in [0.3, 0.4) is 0 Å². The SMILES string of the molecule is CC(O)C1(Cc2cc(F)cc(Br)c2)CC1. The molecule has 0 bridgehead atoms. The van der Waals surface area contributed by atoms with E-state index in [0.29, 0.717) is 0 Å². The van der Waals surface area contributed by atoms with E-state index in [1.807, 2.05) is 13.0 Å². The fraction of sp³-hybridized carbons (Fsp3) is 0.500. The number of hydrogen-bond donors (Lipinski definition) is 1. The Bertz CT molecular complexity index is 352. The summed E-state index contributed by atoms with van der Waals surface area (Å²) in [6, 6.07) is 4.92. The van der Waals surface area contributed by atoms with Crippen LogP contribution in [0.5, 0.6) is 0 Å². The second-order valence-electron chi connectivity index (χ2n) is 4.49. The minimum Gasteiger partial charge on any atom is -0.393 e. The van der Waals surface area contributed by atoms with Gasteiger partial charge in [-0.2, -0.15) is 0 Å². The van der Waals surface area contributed by atoms with Gasteiger partial charge in [0.15, 0.2) is 0 Å². The summed E-state index contributed by atoms with van der Waals surface area (Å²) in [7, 11) is 0.